The Morgan fingerprint density at radius 1 is 1.17 bits per heavy atom. The molecule has 1 aromatic carbocycles. The minimum atomic E-state index is -0.866. The molecule has 4 nitrogen and oxygen atoms in total. The Bertz CT molecular complexity index is 547. The van der Waals surface area contributed by atoms with Gasteiger partial charge < -0.3 is 10.2 Å². The van der Waals surface area contributed by atoms with E-state index < -0.39 is 10.8 Å². The summed E-state index contributed by atoms with van der Waals surface area (Å²) in [6, 6.07) is 8.71. The van der Waals surface area contributed by atoms with E-state index in [2.05, 4.69) is 53.3 Å². The van der Waals surface area contributed by atoms with Crippen molar-refractivity contribution in [2.75, 3.05) is 25.9 Å². The lowest BCUT2D eigenvalue weighted by Gasteiger charge is -2.23. The topological polar surface area (TPSA) is 44.7 Å². The third kappa shape index (κ3) is 7.04. The van der Waals surface area contributed by atoms with Crippen LogP contribution in [0.2, 0.25) is 0 Å². The molecule has 1 rings (SSSR count). The van der Waals surface area contributed by atoms with Gasteiger partial charge in [-0.05, 0) is 45.2 Å². The molecule has 0 aliphatic rings. The predicted octanol–water partition coefficient (Wildman–Crippen LogP) is 3.19. The first-order chi connectivity index (χ1) is 11.3. The van der Waals surface area contributed by atoms with Gasteiger partial charge in [0.25, 0.3) is 0 Å². The fraction of sp³-hybridized carbons (Fsp3) is 0.632. The highest BCUT2D eigenvalue weighted by molar-refractivity contribution is 7.86. The Morgan fingerprint density at radius 2 is 1.75 bits per heavy atom. The molecule has 0 heterocycles. The summed E-state index contributed by atoms with van der Waals surface area (Å²) in [6.45, 7) is 12.4. The number of guanidine groups is 1. The van der Waals surface area contributed by atoms with Gasteiger partial charge in [-0.1, -0.05) is 31.2 Å². The number of benzene rings is 1. The molecule has 1 atom stereocenters. The molecule has 5 heteroatoms. The molecule has 0 aliphatic heterocycles. The van der Waals surface area contributed by atoms with E-state index in [1.807, 2.05) is 27.8 Å². The van der Waals surface area contributed by atoms with Crippen LogP contribution in [0.25, 0.3) is 0 Å². The van der Waals surface area contributed by atoms with Crippen molar-refractivity contribution in [1.82, 2.24) is 10.2 Å². The van der Waals surface area contributed by atoms with Crippen LogP contribution >= 0.6 is 0 Å². The molecule has 1 unspecified atom stereocenters. The first-order valence-corrected chi connectivity index (χ1v) is 10.1. The van der Waals surface area contributed by atoms with Gasteiger partial charge in [-0.15, -0.1) is 0 Å². The van der Waals surface area contributed by atoms with Crippen LogP contribution in [0.1, 0.15) is 45.7 Å². The minimum Gasteiger partial charge on any atom is -0.357 e. The van der Waals surface area contributed by atoms with E-state index in [0.717, 1.165) is 25.5 Å². The monoisotopic (exact) mass is 351 g/mol. The minimum absolute atomic E-state index is 0.180. The van der Waals surface area contributed by atoms with Gasteiger partial charge >= 0.3 is 0 Å². The summed E-state index contributed by atoms with van der Waals surface area (Å²) in [5.74, 6) is 1.46. The maximum atomic E-state index is 12.1. The van der Waals surface area contributed by atoms with Crippen molar-refractivity contribution >= 4 is 16.8 Å². The Kier molecular flexibility index (Phi) is 8.46. The van der Waals surface area contributed by atoms with Crippen molar-refractivity contribution in [2.45, 2.75) is 52.3 Å². The number of aliphatic imine (C=N–C) groups is 1. The smallest absolute Gasteiger partial charge is 0.193 e. The second kappa shape index (κ2) is 9.82. The third-order valence-corrected chi connectivity index (χ3v) is 5.69. The van der Waals surface area contributed by atoms with Crippen molar-refractivity contribution in [3.8, 4) is 0 Å². The largest absolute Gasteiger partial charge is 0.357 e. The van der Waals surface area contributed by atoms with Crippen LogP contribution in [0.4, 0.5) is 0 Å². The van der Waals surface area contributed by atoms with E-state index in [9.17, 15) is 4.21 Å². The number of nitrogens with one attached hydrogen (secondary N) is 1. The summed E-state index contributed by atoms with van der Waals surface area (Å²) >= 11 is 0. The Hall–Kier alpha value is -1.36. The summed E-state index contributed by atoms with van der Waals surface area (Å²) in [6.07, 6.45) is 1.06. The molecule has 1 N–H and O–H groups in total. The lowest BCUT2D eigenvalue weighted by molar-refractivity contribution is 0.477. The van der Waals surface area contributed by atoms with Crippen molar-refractivity contribution in [3.63, 3.8) is 0 Å². The SMILES string of the molecule is CCNC(=NCCS(=O)C(C)(C)C)N(C)Cc1ccc(CC)cc1. The molecule has 24 heavy (non-hydrogen) atoms. The van der Waals surface area contributed by atoms with E-state index in [0.29, 0.717) is 12.3 Å². The highest BCUT2D eigenvalue weighted by Crippen LogP contribution is 2.11. The first kappa shape index (κ1) is 20.7. The van der Waals surface area contributed by atoms with Crippen molar-refractivity contribution < 1.29 is 4.21 Å². The molecular formula is C19H33N3OS. The van der Waals surface area contributed by atoms with Gasteiger partial charge in [0.2, 0.25) is 0 Å². The van der Waals surface area contributed by atoms with E-state index in [4.69, 9.17) is 0 Å². The Labute approximate surface area is 150 Å². The predicted molar refractivity (Wildman–Crippen MR) is 106 cm³/mol. The molecule has 0 bridgehead atoms. The van der Waals surface area contributed by atoms with Crippen LogP contribution in [0.5, 0.6) is 0 Å². The molecule has 0 fully saturated rings. The van der Waals surface area contributed by atoms with E-state index >= 15 is 0 Å². The van der Waals surface area contributed by atoms with Crippen molar-refractivity contribution in [2.24, 2.45) is 4.99 Å². The zero-order valence-electron chi connectivity index (χ0n) is 16.1. The molecular weight excluding hydrogens is 318 g/mol. The van der Waals surface area contributed by atoms with Gasteiger partial charge in [-0.2, -0.15) is 0 Å². The average molecular weight is 352 g/mol. The van der Waals surface area contributed by atoms with E-state index in [1.165, 1.54) is 11.1 Å². The zero-order chi connectivity index (χ0) is 18.2. The molecule has 1 aromatic rings. The number of hydrogen-bond donors (Lipinski definition) is 1. The van der Waals surface area contributed by atoms with Gasteiger partial charge in [0.1, 0.15) is 0 Å². The number of nitrogens with zero attached hydrogens (tertiary/aromatic N) is 2. The van der Waals surface area contributed by atoms with Gasteiger partial charge in [-0.3, -0.25) is 9.20 Å². The van der Waals surface area contributed by atoms with E-state index in [1.54, 1.807) is 0 Å². The quantitative estimate of drug-likeness (QED) is 0.606. The number of hydrogen-bond acceptors (Lipinski definition) is 2. The summed E-state index contributed by atoms with van der Waals surface area (Å²) < 4.78 is 12.0. The average Bonchev–Trinajstić information content (AvgIpc) is 2.53. The number of aryl methyl sites for hydroxylation is 1. The molecule has 0 amide bonds. The maximum absolute atomic E-state index is 12.1. The summed E-state index contributed by atoms with van der Waals surface area (Å²) in [4.78, 5) is 6.75. The van der Waals surface area contributed by atoms with Gasteiger partial charge in [-0.25, -0.2) is 0 Å². The van der Waals surface area contributed by atoms with Crippen LogP contribution in [0.15, 0.2) is 29.3 Å². The first-order valence-electron chi connectivity index (χ1n) is 8.73. The lowest BCUT2D eigenvalue weighted by atomic mass is 10.1. The van der Waals surface area contributed by atoms with Crippen LogP contribution < -0.4 is 5.32 Å². The summed E-state index contributed by atoms with van der Waals surface area (Å²) in [7, 11) is 1.17. The lowest BCUT2D eigenvalue weighted by Crippen LogP contribution is -2.39. The molecule has 0 saturated carbocycles. The van der Waals surface area contributed by atoms with Crippen LogP contribution in [0, 0.1) is 0 Å². The molecule has 0 radical (unpaired) electrons. The van der Waals surface area contributed by atoms with Crippen molar-refractivity contribution in [3.05, 3.63) is 35.4 Å². The molecule has 136 valence electrons. The second-order valence-corrected chi connectivity index (χ2v) is 9.25. The van der Waals surface area contributed by atoms with Crippen molar-refractivity contribution in [1.29, 1.82) is 0 Å². The Balaban J connectivity index is 2.67. The standard InChI is InChI=1S/C19H33N3OS/c1-7-16-9-11-17(12-10-16)15-22(6)18(20-8-2)21-13-14-24(23)19(3,4)5/h9-12H,7-8,13-15H2,1-6H3,(H,20,21). The zero-order valence-corrected chi connectivity index (χ0v) is 16.9. The molecule has 0 aromatic heterocycles. The summed E-state index contributed by atoms with van der Waals surface area (Å²) in [5.41, 5.74) is 2.62. The van der Waals surface area contributed by atoms with Gasteiger partial charge in [0.05, 0.1) is 6.54 Å². The maximum Gasteiger partial charge on any atom is 0.193 e. The van der Waals surface area contributed by atoms with Crippen LogP contribution in [-0.2, 0) is 23.8 Å². The van der Waals surface area contributed by atoms with Crippen LogP contribution in [0.3, 0.4) is 0 Å². The molecule has 0 saturated heterocycles. The second-order valence-electron chi connectivity index (χ2n) is 6.92. The number of rotatable bonds is 7. The molecule has 0 aliphatic carbocycles. The van der Waals surface area contributed by atoms with Crippen LogP contribution in [-0.4, -0.2) is 45.7 Å². The normalized spacial score (nSPS) is 13.7. The van der Waals surface area contributed by atoms with E-state index in [-0.39, 0.29) is 4.75 Å². The van der Waals surface area contributed by atoms with Gasteiger partial charge in [0.15, 0.2) is 5.96 Å². The fourth-order valence-corrected chi connectivity index (χ4v) is 3.11. The third-order valence-electron chi connectivity index (χ3n) is 3.77. The highest BCUT2D eigenvalue weighted by atomic mass is 32.2. The summed E-state index contributed by atoms with van der Waals surface area (Å²) in [5, 5.41) is 3.31. The Morgan fingerprint density at radius 3 is 2.25 bits per heavy atom. The molecule has 0 spiro atoms. The highest BCUT2D eigenvalue weighted by Gasteiger charge is 2.18. The fourth-order valence-electron chi connectivity index (χ4n) is 2.24. The van der Waals surface area contributed by atoms with Gasteiger partial charge in [0, 0.05) is 41.4 Å².